The molecule has 0 aliphatic heterocycles. The second kappa shape index (κ2) is 7.54. The Morgan fingerprint density at radius 1 is 1.39 bits per heavy atom. The molecular formula is C10H12N2O5S. The number of ether oxygens (including phenoxy) is 1. The van der Waals surface area contributed by atoms with Crippen LogP contribution in [0.5, 0.6) is 5.75 Å². The van der Waals surface area contributed by atoms with Gasteiger partial charge in [-0.3, -0.25) is 4.79 Å². The van der Waals surface area contributed by atoms with Gasteiger partial charge in [0.25, 0.3) is 5.91 Å². The molecule has 18 heavy (non-hydrogen) atoms. The van der Waals surface area contributed by atoms with E-state index in [1.165, 1.54) is 24.3 Å². The van der Waals surface area contributed by atoms with Gasteiger partial charge in [0.05, 0.1) is 6.61 Å². The molecule has 0 spiro atoms. The molecule has 1 aromatic rings. The molecule has 0 aliphatic carbocycles. The average Bonchev–Trinajstić information content (AvgIpc) is 2.43. The maximum Gasteiger partial charge on any atom is 0.437 e. The van der Waals surface area contributed by atoms with E-state index in [4.69, 9.17) is 11.0 Å². The second-order valence-corrected chi connectivity index (χ2v) is 3.25. The summed E-state index contributed by atoms with van der Waals surface area (Å²) in [5.74, 6) is -0.117. The number of hydrogen-bond donors (Lipinski definition) is 4. The van der Waals surface area contributed by atoms with Crippen molar-refractivity contribution in [2.24, 2.45) is 0 Å². The number of hydroxylamine groups is 1. The summed E-state index contributed by atoms with van der Waals surface area (Å²) in [5.41, 5.74) is 2.23. The molecule has 0 aliphatic rings. The van der Waals surface area contributed by atoms with Crippen LogP contribution in [-0.2, 0) is 4.28 Å². The fraction of sp³-hybridized carbons (Fsp3) is 0.200. The third kappa shape index (κ3) is 4.62. The Hall–Kier alpha value is -1.77. The van der Waals surface area contributed by atoms with E-state index in [0.717, 1.165) is 0 Å². The Morgan fingerprint density at radius 3 is 2.72 bits per heavy atom. The summed E-state index contributed by atoms with van der Waals surface area (Å²) in [6, 6.07) is 5.80. The standard InChI is InChI=1S/C10H12N2O5S/c13-6-5-11-9(14)7-1-3-8(4-2-7)16-10(15)12-17-18/h1-4,13,18H,5-6H2,(H,11,14)(H,12,15)/i/hT. The number of aliphatic hydroxyl groups excluding tert-OH is 1. The smallest absolute Gasteiger partial charge is 0.409 e. The van der Waals surface area contributed by atoms with Crippen molar-refractivity contribution in [3.05, 3.63) is 29.8 Å². The van der Waals surface area contributed by atoms with Crippen LogP contribution in [0.25, 0.3) is 0 Å². The van der Waals surface area contributed by atoms with Crippen molar-refractivity contribution >= 4 is 24.8 Å². The predicted octanol–water partition coefficient (Wildman–Crippen LogP) is 0.274. The molecule has 0 atom stereocenters. The third-order valence-electron chi connectivity index (χ3n) is 1.85. The maximum absolute atomic E-state index is 11.5. The highest BCUT2D eigenvalue weighted by Crippen LogP contribution is 2.12. The molecular weight excluding hydrogens is 260 g/mol. The van der Waals surface area contributed by atoms with Crippen molar-refractivity contribution in [1.29, 1.82) is 1.12 Å². The number of benzene rings is 1. The molecule has 1 aromatic carbocycles. The zero-order chi connectivity index (χ0) is 14.1. The van der Waals surface area contributed by atoms with Crippen LogP contribution in [0.3, 0.4) is 0 Å². The first-order valence-corrected chi connectivity index (χ1v) is 5.26. The molecule has 0 saturated carbocycles. The first kappa shape index (κ1) is 12.7. The van der Waals surface area contributed by atoms with Crippen molar-refractivity contribution in [2.45, 2.75) is 0 Å². The molecule has 0 saturated heterocycles. The Kier molecular flexibility index (Phi) is 5.31. The van der Waals surface area contributed by atoms with Crippen molar-refractivity contribution in [1.82, 2.24) is 10.8 Å². The Morgan fingerprint density at radius 2 is 2.11 bits per heavy atom. The van der Waals surface area contributed by atoms with E-state index < -0.39 is 6.09 Å². The van der Waals surface area contributed by atoms with E-state index in [1.807, 2.05) is 5.48 Å². The first-order chi connectivity index (χ1) is 9.17. The number of carbonyl (C=O) groups excluding carboxylic acids is 2. The van der Waals surface area contributed by atoms with E-state index in [2.05, 4.69) is 9.60 Å². The summed E-state index contributed by atoms with van der Waals surface area (Å²) in [7, 11) is 0. The summed E-state index contributed by atoms with van der Waals surface area (Å²) in [6.07, 6.45) is -0.878. The highest BCUT2D eigenvalue weighted by Gasteiger charge is 2.07. The lowest BCUT2D eigenvalue weighted by molar-refractivity contribution is 0.0945. The molecule has 0 unspecified atom stereocenters. The monoisotopic (exact) mass is 274 g/mol. The van der Waals surface area contributed by atoms with Gasteiger partial charge in [-0.2, -0.15) is 5.48 Å². The number of amides is 2. The number of rotatable bonds is 6. The molecule has 2 amide bonds. The molecule has 8 heteroatoms. The zero-order valence-electron chi connectivity index (χ0n) is 10.2. The summed E-state index contributed by atoms with van der Waals surface area (Å²) in [4.78, 5) is 22.6. The molecule has 3 N–H and O–H groups in total. The minimum atomic E-state index is -0.878. The van der Waals surface area contributed by atoms with Gasteiger partial charge in [0.15, 0.2) is 0 Å². The average molecular weight is 274 g/mol. The van der Waals surface area contributed by atoms with Gasteiger partial charge in [0, 0.05) is 24.9 Å². The maximum atomic E-state index is 11.5. The fourth-order valence-electron chi connectivity index (χ4n) is 1.11. The van der Waals surface area contributed by atoms with Crippen molar-refractivity contribution in [2.75, 3.05) is 13.2 Å². The third-order valence-corrected chi connectivity index (χ3v) is 1.93. The van der Waals surface area contributed by atoms with Crippen LogP contribution in [0.4, 0.5) is 4.79 Å². The summed E-state index contributed by atoms with van der Waals surface area (Å²) in [6.45, 7) is 0.0305. The molecule has 7 nitrogen and oxygen atoms in total. The van der Waals surface area contributed by atoms with Crippen LogP contribution in [0, 0.1) is 0 Å². The fourth-order valence-corrected chi connectivity index (χ4v) is 1.18. The van der Waals surface area contributed by atoms with Gasteiger partial charge in [0.2, 0.25) is 0 Å². The predicted molar refractivity (Wildman–Crippen MR) is 65.1 cm³/mol. The van der Waals surface area contributed by atoms with E-state index in [9.17, 15) is 9.59 Å². The SMILES string of the molecule is [3H]SONC(=O)Oc1ccc(C(=O)NCCO)cc1. The van der Waals surface area contributed by atoms with Crippen LogP contribution >= 0.6 is 12.8 Å². The summed E-state index contributed by atoms with van der Waals surface area (Å²) >= 11 is 0.219. The van der Waals surface area contributed by atoms with E-state index >= 15 is 0 Å². The van der Waals surface area contributed by atoms with Crippen molar-refractivity contribution in [3.63, 3.8) is 0 Å². The van der Waals surface area contributed by atoms with Crippen LogP contribution < -0.4 is 15.5 Å². The van der Waals surface area contributed by atoms with E-state index in [1.54, 1.807) is 0 Å². The lowest BCUT2D eigenvalue weighted by atomic mass is 10.2. The van der Waals surface area contributed by atoms with Gasteiger partial charge in [-0.05, 0) is 24.3 Å². The molecule has 0 radical (unpaired) electrons. The molecule has 0 aromatic heterocycles. The highest BCUT2D eigenvalue weighted by molar-refractivity contribution is 7.75. The van der Waals surface area contributed by atoms with Gasteiger partial charge in [0.1, 0.15) is 6.87 Å². The van der Waals surface area contributed by atoms with E-state index in [0.29, 0.717) is 5.56 Å². The topological polar surface area (TPSA) is 96.9 Å². The molecule has 1 rings (SSSR count). The Labute approximate surface area is 110 Å². The summed E-state index contributed by atoms with van der Waals surface area (Å²) < 4.78 is 15.6. The Bertz CT molecular complexity index is 428. The largest absolute Gasteiger partial charge is 0.437 e. The minimum Gasteiger partial charge on any atom is -0.409 e. The van der Waals surface area contributed by atoms with Crippen molar-refractivity contribution in [3.8, 4) is 5.75 Å². The van der Waals surface area contributed by atoms with Gasteiger partial charge in [-0.15, -0.1) is 0 Å². The zero-order valence-corrected chi connectivity index (χ0v) is 10.0. The van der Waals surface area contributed by atoms with Crippen LogP contribution in [0.1, 0.15) is 10.4 Å². The van der Waals surface area contributed by atoms with Crippen LogP contribution in [-0.4, -0.2) is 31.4 Å². The normalized spacial score (nSPS) is 10.4. The number of aliphatic hydroxyl groups is 1. The van der Waals surface area contributed by atoms with Gasteiger partial charge < -0.3 is 15.2 Å². The number of hydrogen-bond acceptors (Lipinski definition) is 6. The lowest BCUT2D eigenvalue weighted by Gasteiger charge is -2.05. The molecule has 98 valence electrons. The Balaban J connectivity index is 2.51. The van der Waals surface area contributed by atoms with Crippen molar-refractivity contribution < 1.29 is 23.7 Å². The van der Waals surface area contributed by atoms with Crippen LogP contribution in [0.15, 0.2) is 24.3 Å². The molecule has 0 fully saturated rings. The molecule has 0 heterocycles. The van der Waals surface area contributed by atoms with Gasteiger partial charge >= 0.3 is 6.09 Å². The minimum absolute atomic E-state index is 0.138. The number of nitrogens with one attached hydrogen (secondary N) is 2. The number of carbonyl (C=O) groups is 2. The second-order valence-electron chi connectivity index (χ2n) is 3.08. The lowest BCUT2D eigenvalue weighted by Crippen LogP contribution is -2.26. The first-order valence-electron chi connectivity index (χ1n) is 5.34. The summed E-state index contributed by atoms with van der Waals surface area (Å²) in [5, 5.41) is 11.1. The highest BCUT2D eigenvalue weighted by atomic mass is 32.1. The number of thiol groups is 1. The van der Waals surface area contributed by atoms with Gasteiger partial charge in [-0.1, -0.05) is 0 Å². The van der Waals surface area contributed by atoms with Gasteiger partial charge in [-0.25, -0.2) is 9.08 Å². The quantitative estimate of drug-likeness (QED) is 0.339. The van der Waals surface area contributed by atoms with E-state index in [-0.39, 0.29) is 37.6 Å². The molecule has 0 bridgehead atoms. The van der Waals surface area contributed by atoms with Crippen LogP contribution in [0.2, 0.25) is 0 Å².